The molecule has 2 rings (SSSR count). The molecule has 1 unspecified atom stereocenters. The van der Waals surface area contributed by atoms with Crippen LogP contribution >= 0.6 is 0 Å². The van der Waals surface area contributed by atoms with Crippen molar-refractivity contribution in [2.45, 2.75) is 33.2 Å². The van der Waals surface area contributed by atoms with Crippen LogP contribution in [0, 0.1) is 20.8 Å². The Labute approximate surface area is 115 Å². The summed E-state index contributed by atoms with van der Waals surface area (Å²) < 4.78 is 0. The molecule has 0 bridgehead atoms. The maximum absolute atomic E-state index is 4.61. The highest BCUT2D eigenvalue weighted by molar-refractivity contribution is 5.29. The van der Waals surface area contributed by atoms with E-state index in [0.29, 0.717) is 0 Å². The van der Waals surface area contributed by atoms with Crippen LogP contribution in [0.2, 0.25) is 0 Å². The summed E-state index contributed by atoms with van der Waals surface area (Å²) in [6.07, 6.45) is 2.91. The van der Waals surface area contributed by atoms with Crippen LogP contribution in [0.1, 0.15) is 34.0 Å². The minimum atomic E-state index is 0.266. The van der Waals surface area contributed by atoms with Gasteiger partial charge in [-0.2, -0.15) is 0 Å². The Balaban J connectivity index is 2.25. The zero-order chi connectivity index (χ0) is 13.8. The number of hydrogen-bond acceptors (Lipinski definition) is 2. The van der Waals surface area contributed by atoms with Crippen molar-refractivity contribution in [3.63, 3.8) is 0 Å². The molecule has 0 radical (unpaired) electrons. The van der Waals surface area contributed by atoms with Gasteiger partial charge in [0.1, 0.15) is 0 Å². The highest BCUT2D eigenvalue weighted by Gasteiger charge is 2.14. The van der Waals surface area contributed by atoms with Gasteiger partial charge in [-0.1, -0.05) is 35.9 Å². The fourth-order valence-corrected chi connectivity index (χ4v) is 2.50. The average molecular weight is 254 g/mol. The Morgan fingerprint density at radius 1 is 1.11 bits per heavy atom. The SMILES string of the molecule is CNC(Cc1cccc(C)c1)c1ncc(C)cc1C. The summed E-state index contributed by atoms with van der Waals surface area (Å²) in [6.45, 7) is 6.35. The number of likely N-dealkylation sites (N-methyl/N-ethyl adjacent to an activating group) is 1. The second-order valence-electron chi connectivity index (χ2n) is 5.25. The van der Waals surface area contributed by atoms with E-state index in [2.05, 4.69) is 61.4 Å². The molecule has 0 spiro atoms. The predicted octanol–water partition coefficient (Wildman–Crippen LogP) is 3.51. The molecule has 0 aliphatic heterocycles. The Bertz CT molecular complexity index is 561. The summed E-state index contributed by atoms with van der Waals surface area (Å²) in [5.74, 6) is 0. The summed E-state index contributed by atoms with van der Waals surface area (Å²) in [5, 5.41) is 3.38. The molecule has 0 aliphatic carbocycles. The second-order valence-corrected chi connectivity index (χ2v) is 5.25. The normalized spacial score (nSPS) is 12.4. The van der Waals surface area contributed by atoms with Gasteiger partial charge in [-0.05, 0) is 50.9 Å². The smallest absolute Gasteiger partial charge is 0.0605 e. The van der Waals surface area contributed by atoms with Crippen molar-refractivity contribution in [2.24, 2.45) is 0 Å². The minimum absolute atomic E-state index is 0.266. The molecular weight excluding hydrogens is 232 g/mol. The highest BCUT2D eigenvalue weighted by atomic mass is 14.9. The van der Waals surface area contributed by atoms with Gasteiger partial charge in [0.25, 0.3) is 0 Å². The van der Waals surface area contributed by atoms with Crippen molar-refractivity contribution in [2.75, 3.05) is 7.05 Å². The molecule has 1 N–H and O–H groups in total. The zero-order valence-corrected chi connectivity index (χ0v) is 12.2. The van der Waals surface area contributed by atoms with E-state index >= 15 is 0 Å². The number of pyridine rings is 1. The first-order valence-corrected chi connectivity index (χ1v) is 6.76. The molecule has 1 aromatic heterocycles. The third-order valence-electron chi connectivity index (χ3n) is 3.46. The molecular formula is C17H22N2. The van der Waals surface area contributed by atoms with Gasteiger partial charge in [-0.15, -0.1) is 0 Å². The third-order valence-corrected chi connectivity index (χ3v) is 3.46. The van der Waals surface area contributed by atoms with Gasteiger partial charge in [-0.25, -0.2) is 0 Å². The van der Waals surface area contributed by atoms with Gasteiger partial charge in [0, 0.05) is 6.20 Å². The Morgan fingerprint density at radius 2 is 1.89 bits per heavy atom. The lowest BCUT2D eigenvalue weighted by Gasteiger charge is -2.18. The van der Waals surface area contributed by atoms with E-state index in [1.807, 2.05) is 13.2 Å². The molecule has 0 saturated carbocycles. The quantitative estimate of drug-likeness (QED) is 0.903. The lowest BCUT2D eigenvalue weighted by molar-refractivity contribution is 0.572. The number of nitrogens with one attached hydrogen (secondary N) is 1. The van der Waals surface area contributed by atoms with Crippen molar-refractivity contribution < 1.29 is 0 Å². The molecule has 19 heavy (non-hydrogen) atoms. The van der Waals surface area contributed by atoms with Crippen molar-refractivity contribution in [1.82, 2.24) is 10.3 Å². The van der Waals surface area contributed by atoms with Crippen LogP contribution in [-0.2, 0) is 6.42 Å². The zero-order valence-electron chi connectivity index (χ0n) is 12.2. The Hall–Kier alpha value is -1.67. The summed E-state index contributed by atoms with van der Waals surface area (Å²) in [7, 11) is 2.00. The summed E-state index contributed by atoms with van der Waals surface area (Å²) in [5.41, 5.74) is 6.27. The molecule has 0 fully saturated rings. The standard InChI is InChI=1S/C17H22N2/c1-12-6-5-7-15(9-12)10-16(18-4)17-14(3)8-13(2)11-19-17/h5-9,11,16,18H,10H2,1-4H3. The first kappa shape index (κ1) is 13.8. The monoisotopic (exact) mass is 254 g/mol. The van der Waals surface area contributed by atoms with E-state index < -0.39 is 0 Å². The van der Waals surface area contributed by atoms with Crippen LogP contribution in [-0.4, -0.2) is 12.0 Å². The van der Waals surface area contributed by atoms with Crippen molar-refractivity contribution in [1.29, 1.82) is 0 Å². The van der Waals surface area contributed by atoms with Crippen molar-refractivity contribution in [3.8, 4) is 0 Å². The van der Waals surface area contributed by atoms with E-state index in [-0.39, 0.29) is 6.04 Å². The maximum Gasteiger partial charge on any atom is 0.0605 e. The number of benzene rings is 1. The third kappa shape index (κ3) is 3.42. The first-order chi connectivity index (χ1) is 9.10. The largest absolute Gasteiger partial charge is 0.311 e. The second kappa shape index (κ2) is 5.98. The fourth-order valence-electron chi connectivity index (χ4n) is 2.50. The van der Waals surface area contributed by atoms with Gasteiger partial charge < -0.3 is 5.32 Å². The lowest BCUT2D eigenvalue weighted by atomic mass is 9.98. The van der Waals surface area contributed by atoms with Crippen LogP contribution in [0.4, 0.5) is 0 Å². The summed E-state index contributed by atoms with van der Waals surface area (Å²) >= 11 is 0. The van der Waals surface area contributed by atoms with E-state index in [1.54, 1.807) is 0 Å². The van der Waals surface area contributed by atoms with E-state index in [4.69, 9.17) is 0 Å². The van der Waals surface area contributed by atoms with Crippen LogP contribution in [0.15, 0.2) is 36.5 Å². The fraction of sp³-hybridized carbons (Fsp3) is 0.353. The van der Waals surface area contributed by atoms with Gasteiger partial charge in [0.2, 0.25) is 0 Å². The van der Waals surface area contributed by atoms with Gasteiger partial charge in [0.15, 0.2) is 0 Å². The van der Waals surface area contributed by atoms with Crippen molar-refractivity contribution >= 4 is 0 Å². The Kier molecular flexibility index (Phi) is 4.33. The minimum Gasteiger partial charge on any atom is -0.311 e. The van der Waals surface area contributed by atoms with Gasteiger partial charge in [0.05, 0.1) is 11.7 Å². The number of aromatic nitrogens is 1. The average Bonchev–Trinajstić information content (AvgIpc) is 2.37. The Morgan fingerprint density at radius 3 is 2.53 bits per heavy atom. The maximum atomic E-state index is 4.61. The van der Waals surface area contributed by atoms with Crippen LogP contribution in [0.5, 0.6) is 0 Å². The molecule has 0 aliphatic rings. The van der Waals surface area contributed by atoms with Gasteiger partial charge >= 0.3 is 0 Å². The van der Waals surface area contributed by atoms with Crippen LogP contribution < -0.4 is 5.32 Å². The van der Waals surface area contributed by atoms with E-state index in [0.717, 1.165) is 12.1 Å². The molecule has 1 aromatic carbocycles. The molecule has 1 heterocycles. The van der Waals surface area contributed by atoms with Crippen molar-refractivity contribution in [3.05, 3.63) is 64.5 Å². The summed E-state index contributed by atoms with van der Waals surface area (Å²) in [4.78, 5) is 4.61. The molecule has 2 heteroatoms. The number of aryl methyl sites for hydroxylation is 3. The molecule has 100 valence electrons. The molecule has 2 aromatic rings. The number of hydrogen-bond donors (Lipinski definition) is 1. The lowest BCUT2D eigenvalue weighted by Crippen LogP contribution is -2.21. The van der Waals surface area contributed by atoms with Crippen LogP contribution in [0.3, 0.4) is 0 Å². The first-order valence-electron chi connectivity index (χ1n) is 6.76. The molecule has 1 atom stereocenters. The summed E-state index contributed by atoms with van der Waals surface area (Å²) in [6, 6.07) is 11.1. The van der Waals surface area contributed by atoms with E-state index in [1.165, 1.54) is 22.3 Å². The topological polar surface area (TPSA) is 24.9 Å². The molecule has 0 amide bonds. The number of rotatable bonds is 4. The van der Waals surface area contributed by atoms with Gasteiger partial charge in [-0.3, -0.25) is 4.98 Å². The predicted molar refractivity (Wildman–Crippen MR) is 80.4 cm³/mol. The van der Waals surface area contributed by atoms with E-state index in [9.17, 15) is 0 Å². The number of nitrogens with zero attached hydrogens (tertiary/aromatic N) is 1. The highest BCUT2D eigenvalue weighted by Crippen LogP contribution is 2.20. The van der Waals surface area contributed by atoms with Crippen LogP contribution in [0.25, 0.3) is 0 Å². The molecule has 0 saturated heterocycles. The molecule has 2 nitrogen and oxygen atoms in total.